The number of halogens is 3. The van der Waals surface area contributed by atoms with Gasteiger partial charge in [-0.3, -0.25) is 19.6 Å². The third kappa shape index (κ3) is 7.63. The highest BCUT2D eigenvalue weighted by atomic mass is 32.1. The van der Waals surface area contributed by atoms with Crippen molar-refractivity contribution in [1.29, 1.82) is 0 Å². The molecule has 3 heterocycles. The van der Waals surface area contributed by atoms with E-state index < -0.39 is 11.7 Å². The van der Waals surface area contributed by atoms with E-state index in [0.29, 0.717) is 54.0 Å². The van der Waals surface area contributed by atoms with Gasteiger partial charge in [-0.2, -0.15) is 13.2 Å². The monoisotopic (exact) mass is 608 g/mol. The molecule has 1 aliphatic heterocycles. The molecule has 2 amide bonds. The molecule has 0 aliphatic carbocycles. The largest absolute Gasteiger partial charge is 0.416 e. The van der Waals surface area contributed by atoms with Crippen molar-refractivity contribution in [3.05, 3.63) is 99.4 Å². The number of hydrogen-bond acceptors (Lipinski definition) is 7. The Morgan fingerprint density at radius 2 is 1.93 bits per heavy atom. The van der Waals surface area contributed by atoms with Gasteiger partial charge in [0.25, 0.3) is 11.8 Å². The minimum absolute atomic E-state index is 0.105. The molecule has 1 unspecified atom stereocenters. The zero-order valence-electron chi connectivity index (χ0n) is 23.5. The molecule has 0 bridgehead atoms. The Morgan fingerprint density at radius 3 is 2.67 bits per heavy atom. The van der Waals surface area contributed by atoms with E-state index in [2.05, 4.69) is 25.6 Å². The fourth-order valence-electron chi connectivity index (χ4n) is 5.04. The minimum atomic E-state index is -4.38. The van der Waals surface area contributed by atoms with Crippen LogP contribution in [-0.4, -0.2) is 51.3 Å². The summed E-state index contributed by atoms with van der Waals surface area (Å²) in [7, 11) is 0. The van der Waals surface area contributed by atoms with Crippen LogP contribution in [0.4, 0.5) is 13.2 Å². The van der Waals surface area contributed by atoms with Crippen LogP contribution in [0.25, 0.3) is 11.3 Å². The fourth-order valence-corrected chi connectivity index (χ4v) is 5.99. The van der Waals surface area contributed by atoms with Crippen molar-refractivity contribution in [3.8, 4) is 11.3 Å². The standard InChI is InChI=1S/C31H31F3N6O2S/c1-20-19-43-29(39-20)27-7-3-12-40(27)30(42)24-15-22(26-18-36-10-11-37-26)14-23(16-24)28(41)38-9-4-8-35-17-21-5-2-6-25(13-21)31(32,33)34/h2,5-6,10-11,13-16,18-19,27,35H,3-4,7-9,12,17H2,1H3,(H,38,41). The van der Waals surface area contributed by atoms with Gasteiger partial charge in [0.05, 0.1) is 23.5 Å². The van der Waals surface area contributed by atoms with Gasteiger partial charge in [-0.25, -0.2) is 4.98 Å². The number of nitrogens with one attached hydrogen (secondary N) is 2. The number of alkyl halides is 3. The van der Waals surface area contributed by atoms with Crippen LogP contribution in [0.5, 0.6) is 0 Å². The first-order valence-corrected chi connectivity index (χ1v) is 14.9. The summed E-state index contributed by atoms with van der Waals surface area (Å²) in [6.45, 7) is 3.65. The Balaban J connectivity index is 1.24. The number of rotatable bonds is 10. The smallest absolute Gasteiger partial charge is 0.352 e. The van der Waals surface area contributed by atoms with E-state index in [4.69, 9.17) is 0 Å². The van der Waals surface area contributed by atoms with E-state index in [1.807, 2.05) is 17.2 Å². The van der Waals surface area contributed by atoms with Crippen LogP contribution >= 0.6 is 11.3 Å². The predicted molar refractivity (Wildman–Crippen MR) is 157 cm³/mol. The van der Waals surface area contributed by atoms with Gasteiger partial charge >= 0.3 is 6.18 Å². The van der Waals surface area contributed by atoms with E-state index >= 15 is 0 Å². The number of nitrogens with zero attached hydrogens (tertiary/aromatic N) is 4. The number of hydrogen-bond donors (Lipinski definition) is 2. The highest BCUT2D eigenvalue weighted by molar-refractivity contribution is 7.09. The maximum Gasteiger partial charge on any atom is 0.416 e. The second-order valence-corrected chi connectivity index (χ2v) is 11.2. The lowest BCUT2D eigenvalue weighted by Crippen LogP contribution is -2.31. The van der Waals surface area contributed by atoms with E-state index in [1.54, 1.807) is 54.2 Å². The normalized spacial score (nSPS) is 15.1. The number of likely N-dealkylation sites (tertiary alicyclic amines) is 1. The van der Waals surface area contributed by atoms with Crippen molar-refractivity contribution < 1.29 is 22.8 Å². The van der Waals surface area contributed by atoms with Gasteiger partial charge in [-0.1, -0.05) is 18.2 Å². The second-order valence-electron chi connectivity index (χ2n) is 10.4. The molecule has 2 N–H and O–H groups in total. The Hall–Kier alpha value is -4.16. The Labute approximate surface area is 251 Å². The molecule has 12 heteroatoms. The maximum absolute atomic E-state index is 13.8. The Bertz CT molecular complexity index is 1580. The minimum Gasteiger partial charge on any atom is -0.352 e. The molecule has 1 aliphatic rings. The van der Waals surface area contributed by atoms with Crippen LogP contribution in [0.3, 0.4) is 0 Å². The predicted octanol–water partition coefficient (Wildman–Crippen LogP) is 5.81. The van der Waals surface area contributed by atoms with Crippen LogP contribution < -0.4 is 10.6 Å². The molecular formula is C31H31F3N6O2S. The molecule has 0 spiro atoms. The summed E-state index contributed by atoms with van der Waals surface area (Å²) in [6.07, 6.45) is 2.56. The summed E-state index contributed by atoms with van der Waals surface area (Å²) in [5.41, 5.74) is 2.63. The summed E-state index contributed by atoms with van der Waals surface area (Å²) in [5.74, 6) is -0.514. The molecule has 2 aromatic heterocycles. The van der Waals surface area contributed by atoms with Crippen molar-refractivity contribution in [3.63, 3.8) is 0 Å². The van der Waals surface area contributed by atoms with Gasteiger partial charge in [0.15, 0.2) is 0 Å². The zero-order chi connectivity index (χ0) is 30.4. The molecular weight excluding hydrogens is 577 g/mol. The van der Waals surface area contributed by atoms with Crippen LogP contribution in [-0.2, 0) is 12.7 Å². The SMILES string of the molecule is Cc1csc(C2CCCN2C(=O)c2cc(C(=O)NCCCNCc3cccc(C(F)(F)F)c3)cc(-c3cnccn3)c2)n1. The van der Waals surface area contributed by atoms with Gasteiger partial charge in [0, 0.05) is 59.8 Å². The van der Waals surface area contributed by atoms with Gasteiger partial charge in [0.1, 0.15) is 5.01 Å². The first-order valence-electron chi connectivity index (χ1n) is 14.0. The Kier molecular flexibility index (Phi) is 9.46. The molecule has 4 aromatic rings. The summed E-state index contributed by atoms with van der Waals surface area (Å²) in [6, 6.07) is 10.1. The maximum atomic E-state index is 13.8. The van der Waals surface area contributed by atoms with Gasteiger partial charge in [-0.05, 0) is 62.6 Å². The van der Waals surface area contributed by atoms with Crippen LogP contribution in [0.15, 0.2) is 66.4 Å². The lowest BCUT2D eigenvalue weighted by Gasteiger charge is -2.23. The topological polar surface area (TPSA) is 100 Å². The number of benzene rings is 2. The molecule has 8 nitrogen and oxygen atoms in total. The highest BCUT2D eigenvalue weighted by Crippen LogP contribution is 2.35. The van der Waals surface area contributed by atoms with E-state index in [-0.39, 0.29) is 24.4 Å². The van der Waals surface area contributed by atoms with E-state index in [9.17, 15) is 22.8 Å². The number of thiazole rings is 1. The lowest BCUT2D eigenvalue weighted by atomic mass is 10.0. The molecule has 5 rings (SSSR count). The van der Waals surface area contributed by atoms with Crippen molar-refractivity contribution >= 4 is 23.2 Å². The van der Waals surface area contributed by atoms with Gasteiger partial charge in [-0.15, -0.1) is 11.3 Å². The lowest BCUT2D eigenvalue weighted by molar-refractivity contribution is -0.137. The average Bonchev–Trinajstić information content (AvgIpc) is 3.67. The fraction of sp³-hybridized carbons (Fsp3) is 0.323. The molecule has 0 radical (unpaired) electrons. The summed E-state index contributed by atoms with van der Waals surface area (Å²) >= 11 is 1.55. The first kappa shape index (κ1) is 30.3. The number of aromatic nitrogens is 3. The molecule has 1 saturated heterocycles. The molecule has 224 valence electrons. The zero-order valence-corrected chi connectivity index (χ0v) is 24.3. The average molecular weight is 609 g/mol. The summed E-state index contributed by atoms with van der Waals surface area (Å²) in [5, 5.41) is 8.88. The second kappa shape index (κ2) is 13.4. The molecule has 43 heavy (non-hydrogen) atoms. The molecule has 1 fully saturated rings. The number of carbonyl (C=O) groups excluding carboxylic acids is 2. The van der Waals surface area contributed by atoms with Crippen molar-refractivity contribution in [2.24, 2.45) is 0 Å². The number of aryl methyl sites for hydroxylation is 1. The van der Waals surface area contributed by atoms with Crippen LogP contribution in [0.1, 0.15) is 67.8 Å². The molecule has 2 aromatic carbocycles. The van der Waals surface area contributed by atoms with Gasteiger partial charge < -0.3 is 15.5 Å². The third-order valence-corrected chi connectivity index (χ3v) is 8.20. The van der Waals surface area contributed by atoms with Crippen LogP contribution in [0.2, 0.25) is 0 Å². The molecule has 0 saturated carbocycles. The van der Waals surface area contributed by atoms with E-state index in [1.165, 1.54) is 6.07 Å². The quantitative estimate of drug-likeness (QED) is 0.220. The van der Waals surface area contributed by atoms with Crippen LogP contribution in [0, 0.1) is 6.92 Å². The van der Waals surface area contributed by atoms with Crippen molar-refractivity contribution in [2.75, 3.05) is 19.6 Å². The van der Waals surface area contributed by atoms with Crippen molar-refractivity contribution in [2.45, 2.75) is 44.9 Å². The Morgan fingerprint density at radius 1 is 1.09 bits per heavy atom. The number of amides is 2. The van der Waals surface area contributed by atoms with Gasteiger partial charge in [0.2, 0.25) is 0 Å². The highest BCUT2D eigenvalue weighted by Gasteiger charge is 2.33. The third-order valence-electron chi connectivity index (χ3n) is 7.14. The molecule has 1 atom stereocenters. The van der Waals surface area contributed by atoms with E-state index in [0.717, 1.165) is 35.7 Å². The first-order chi connectivity index (χ1) is 20.7. The summed E-state index contributed by atoms with van der Waals surface area (Å²) < 4.78 is 38.8. The van der Waals surface area contributed by atoms with Crippen molar-refractivity contribution in [1.82, 2.24) is 30.5 Å². The number of carbonyl (C=O) groups is 2. The summed E-state index contributed by atoms with van der Waals surface area (Å²) in [4.78, 5) is 41.9.